The number of hydrogen-bond donors (Lipinski definition) is 2. The lowest BCUT2D eigenvalue weighted by Gasteiger charge is -2.05. The number of aliphatic imine (C=N–C) groups is 1. The average Bonchev–Trinajstić information content (AvgIpc) is 2.61. The number of nitrogens with one attached hydrogen (secondary N) is 1. The normalized spacial score (nSPS) is 11.6. The number of H-pyrrole nitrogens is 1. The number of rotatable bonds is 2. The standard InChI is InChI=1S/C19H12IN3O2/c20-12-3-5-14-15(9-12)16(19(25)23-18(14)24)10-22-13-4-6-17-11(8-13)2-1-7-21-17/h1-10H,(H2,23,24,25). The van der Waals surface area contributed by atoms with Crippen LogP contribution >= 0.6 is 22.6 Å². The maximum absolute atomic E-state index is 12.0. The molecule has 0 saturated carbocycles. The highest BCUT2D eigenvalue weighted by atomic mass is 127. The lowest BCUT2D eigenvalue weighted by Crippen LogP contribution is -2.08. The van der Waals surface area contributed by atoms with E-state index in [1.54, 1.807) is 18.5 Å². The molecule has 4 rings (SSSR count). The molecule has 2 N–H and O–H groups in total. The van der Waals surface area contributed by atoms with Crippen molar-refractivity contribution in [3.05, 3.63) is 74.2 Å². The van der Waals surface area contributed by atoms with Crippen LogP contribution in [0.3, 0.4) is 0 Å². The first-order valence-electron chi connectivity index (χ1n) is 7.55. The minimum atomic E-state index is -0.321. The molecule has 122 valence electrons. The zero-order valence-electron chi connectivity index (χ0n) is 12.9. The summed E-state index contributed by atoms with van der Waals surface area (Å²) in [5, 5.41) is 12.3. The molecule has 0 aliphatic heterocycles. The molecule has 0 spiro atoms. The Bertz CT molecular complexity index is 1200. The van der Waals surface area contributed by atoms with Crippen LogP contribution in [0.1, 0.15) is 5.56 Å². The van der Waals surface area contributed by atoms with Gasteiger partial charge in [-0.2, -0.15) is 0 Å². The number of benzene rings is 2. The Morgan fingerprint density at radius 1 is 1.12 bits per heavy atom. The fourth-order valence-electron chi connectivity index (χ4n) is 2.72. The molecule has 0 aliphatic rings. The lowest BCUT2D eigenvalue weighted by molar-refractivity contribution is 0.452. The lowest BCUT2D eigenvalue weighted by atomic mass is 10.1. The molecule has 0 unspecified atom stereocenters. The summed E-state index contributed by atoms with van der Waals surface area (Å²) in [5.74, 6) is -0.189. The van der Waals surface area contributed by atoms with Gasteiger partial charge in [0.05, 0.1) is 16.8 Å². The van der Waals surface area contributed by atoms with Crippen LogP contribution in [0.15, 0.2) is 64.5 Å². The molecule has 5 nitrogen and oxygen atoms in total. The molecule has 0 amide bonds. The van der Waals surface area contributed by atoms with Crippen LogP contribution in [0.25, 0.3) is 21.7 Å². The number of aromatic hydroxyl groups is 1. The summed E-state index contributed by atoms with van der Waals surface area (Å²) in [5.41, 5.74) is 1.80. The van der Waals surface area contributed by atoms with E-state index in [9.17, 15) is 9.90 Å². The summed E-state index contributed by atoms with van der Waals surface area (Å²) in [6, 6.07) is 15.0. The number of aromatic amines is 1. The summed E-state index contributed by atoms with van der Waals surface area (Å²) in [6.45, 7) is 0. The van der Waals surface area contributed by atoms with Crippen LogP contribution in [0.2, 0.25) is 0 Å². The molecule has 0 aliphatic carbocycles. The van der Waals surface area contributed by atoms with Gasteiger partial charge >= 0.3 is 0 Å². The van der Waals surface area contributed by atoms with Gasteiger partial charge in [-0.3, -0.25) is 19.8 Å². The van der Waals surface area contributed by atoms with E-state index >= 15 is 0 Å². The van der Waals surface area contributed by atoms with Gasteiger partial charge in [-0.15, -0.1) is 0 Å². The van der Waals surface area contributed by atoms with Crippen molar-refractivity contribution in [3.63, 3.8) is 0 Å². The molecule has 0 bridgehead atoms. The van der Waals surface area contributed by atoms with Crippen molar-refractivity contribution in [2.24, 2.45) is 4.99 Å². The fraction of sp³-hybridized carbons (Fsp3) is 0. The maximum atomic E-state index is 12.0. The molecular weight excluding hydrogens is 429 g/mol. The predicted molar refractivity (Wildman–Crippen MR) is 108 cm³/mol. The highest BCUT2D eigenvalue weighted by molar-refractivity contribution is 14.1. The van der Waals surface area contributed by atoms with Crippen LogP contribution in [0.5, 0.6) is 5.88 Å². The number of pyridine rings is 2. The summed E-state index contributed by atoms with van der Waals surface area (Å²) >= 11 is 2.17. The van der Waals surface area contributed by atoms with Gasteiger partial charge in [0.25, 0.3) is 5.56 Å². The van der Waals surface area contributed by atoms with Crippen LogP contribution in [0.4, 0.5) is 5.69 Å². The molecule has 0 fully saturated rings. The van der Waals surface area contributed by atoms with Crippen molar-refractivity contribution >= 4 is 56.2 Å². The minimum absolute atomic E-state index is 0.189. The first-order valence-corrected chi connectivity index (χ1v) is 8.63. The molecule has 0 atom stereocenters. The van der Waals surface area contributed by atoms with Crippen molar-refractivity contribution in [2.75, 3.05) is 0 Å². The zero-order chi connectivity index (χ0) is 17.4. The highest BCUT2D eigenvalue weighted by Gasteiger charge is 2.09. The monoisotopic (exact) mass is 441 g/mol. The number of halogens is 1. The van der Waals surface area contributed by atoms with E-state index in [1.807, 2.05) is 42.5 Å². The van der Waals surface area contributed by atoms with Gasteiger partial charge in [-0.25, -0.2) is 0 Å². The van der Waals surface area contributed by atoms with Gasteiger partial charge in [0.15, 0.2) is 0 Å². The second kappa shape index (κ2) is 6.29. The van der Waals surface area contributed by atoms with E-state index in [2.05, 4.69) is 37.6 Å². The largest absolute Gasteiger partial charge is 0.494 e. The summed E-state index contributed by atoms with van der Waals surface area (Å²) in [7, 11) is 0. The molecular formula is C19H12IN3O2. The van der Waals surface area contributed by atoms with Crippen molar-refractivity contribution in [3.8, 4) is 5.88 Å². The summed E-state index contributed by atoms with van der Waals surface area (Å²) in [4.78, 5) is 23.2. The minimum Gasteiger partial charge on any atom is -0.494 e. The van der Waals surface area contributed by atoms with Gasteiger partial charge < -0.3 is 5.11 Å². The Kier molecular flexibility index (Phi) is 3.96. The first-order chi connectivity index (χ1) is 12.1. The van der Waals surface area contributed by atoms with E-state index in [-0.39, 0.29) is 11.4 Å². The van der Waals surface area contributed by atoms with Crippen LogP contribution in [-0.4, -0.2) is 21.3 Å². The Balaban J connectivity index is 1.85. The topological polar surface area (TPSA) is 78.3 Å². The Morgan fingerprint density at radius 2 is 2.00 bits per heavy atom. The quantitative estimate of drug-likeness (QED) is 0.363. The summed E-state index contributed by atoms with van der Waals surface area (Å²) < 4.78 is 0.974. The Labute approximate surface area is 156 Å². The Morgan fingerprint density at radius 3 is 2.88 bits per heavy atom. The predicted octanol–water partition coefficient (Wildman–Crippen LogP) is 4.14. The zero-order valence-corrected chi connectivity index (χ0v) is 15.1. The number of hydrogen-bond acceptors (Lipinski definition) is 4. The number of nitrogens with zero attached hydrogens (tertiary/aromatic N) is 2. The molecule has 0 radical (unpaired) electrons. The van der Waals surface area contributed by atoms with Crippen molar-refractivity contribution in [1.29, 1.82) is 0 Å². The van der Waals surface area contributed by atoms with E-state index in [4.69, 9.17) is 0 Å². The maximum Gasteiger partial charge on any atom is 0.258 e. The van der Waals surface area contributed by atoms with Gasteiger partial charge in [0.2, 0.25) is 5.88 Å². The van der Waals surface area contributed by atoms with Crippen molar-refractivity contribution < 1.29 is 5.11 Å². The SMILES string of the molecule is O=c1[nH]c(O)c(C=Nc2ccc3ncccc3c2)c2cc(I)ccc12. The second-order valence-corrected chi connectivity index (χ2v) is 6.79. The van der Waals surface area contributed by atoms with E-state index in [1.165, 1.54) is 0 Å². The van der Waals surface area contributed by atoms with Crippen LogP contribution in [-0.2, 0) is 0 Å². The molecule has 6 heteroatoms. The third kappa shape index (κ3) is 3.00. The van der Waals surface area contributed by atoms with Gasteiger partial charge in [-0.1, -0.05) is 6.07 Å². The van der Waals surface area contributed by atoms with E-state index in [0.29, 0.717) is 16.3 Å². The van der Waals surface area contributed by atoms with Crippen molar-refractivity contribution in [1.82, 2.24) is 9.97 Å². The van der Waals surface area contributed by atoms with Gasteiger partial charge in [-0.05, 0) is 65.1 Å². The van der Waals surface area contributed by atoms with Gasteiger partial charge in [0.1, 0.15) is 0 Å². The van der Waals surface area contributed by atoms with E-state index < -0.39 is 0 Å². The third-order valence-electron chi connectivity index (χ3n) is 3.93. The van der Waals surface area contributed by atoms with Gasteiger partial charge in [0, 0.05) is 32.1 Å². The fourth-order valence-corrected chi connectivity index (χ4v) is 3.21. The second-order valence-electron chi connectivity index (χ2n) is 5.54. The summed E-state index contributed by atoms with van der Waals surface area (Å²) in [6.07, 6.45) is 3.32. The molecule has 4 aromatic rings. The highest BCUT2D eigenvalue weighted by Crippen LogP contribution is 2.24. The first kappa shape index (κ1) is 15.8. The molecule has 2 aromatic carbocycles. The third-order valence-corrected chi connectivity index (χ3v) is 4.60. The van der Waals surface area contributed by atoms with Crippen LogP contribution in [0, 0.1) is 3.57 Å². The average molecular weight is 441 g/mol. The van der Waals surface area contributed by atoms with Crippen molar-refractivity contribution in [2.45, 2.75) is 0 Å². The molecule has 0 saturated heterocycles. The molecule has 25 heavy (non-hydrogen) atoms. The van der Waals surface area contributed by atoms with E-state index in [0.717, 1.165) is 20.2 Å². The molecule has 2 aromatic heterocycles. The Hall–Kier alpha value is -2.74. The molecule has 2 heterocycles. The number of aromatic nitrogens is 2. The van der Waals surface area contributed by atoms with Crippen LogP contribution < -0.4 is 5.56 Å². The number of fused-ring (bicyclic) bond motifs is 2. The smallest absolute Gasteiger partial charge is 0.258 e.